The van der Waals surface area contributed by atoms with Crippen LogP contribution in [0.2, 0.25) is 0 Å². The Morgan fingerprint density at radius 3 is 2.76 bits per heavy atom. The molecule has 1 N–H and O–H groups in total. The van der Waals surface area contributed by atoms with Gasteiger partial charge in [-0.25, -0.2) is 4.68 Å². The lowest BCUT2D eigenvalue weighted by atomic mass is 10.1. The Morgan fingerprint density at radius 1 is 1.38 bits per heavy atom. The molecule has 6 heteroatoms. The smallest absolute Gasteiger partial charge is 0.275 e. The maximum Gasteiger partial charge on any atom is 0.275 e. The first-order valence-corrected chi connectivity index (χ1v) is 7.82. The van der Waals surface area contributed by atoms with E-state index in [1.54, 1.807) is 18.4 Å². The molecule has 3 aromatic rings. The summed E-state index contributed by atoms with van der Waals surface area (Å²) < 4.78 is 2.46. The van der Waals surface area contributed by atoms with Gasteiger partial charge in [0.1, 0.15) is 0 Å². The number of nitrogens with zero attached hydrogens (tertiary/aromatic N) is 3. The third kappa shape index (κ3) is 2.29. The number of thiophene rings is 1. The van der Waals surface area contributed by atoms with Crippen molar-refractivity contribution in [1.29, 1.82) is 0 Å². The van der Waals surface area contributed by atoms with E-state index in [2.05, 4.69) is 22.2 Å². The summed E-state index contributed by atoms with van der Waals surface area (Å²) in [7, 11) is 1.71. The number of aromatic amines is 1. The van der Waals surface area contributed by atoms with Gasteiger partial charge in [0.2, 0.25) is 0 Å². The summed E-state index contributed by atoms with van der Waals surface area (Å²) in [6, 6.07) is 2.01. The predicted octanol–water partition coefficient (Wildman–Crippen LogP) is 2.49. The van der Waals surface area contributed by atoms with Crippen LogP contribution < -0.4 is 5.56 Å². The van der Waals surface area contributed by atoms with Crippen molar-refractivity contribution in [2.75, 3.05) is 0 Å². The molecule has 3 heterocycles. The van der Waals surface area contributed by atoms with Gasteiger partial charge in [-0.1, -0.05) is 6.92 Å². The summed E-state index contributed by atoms with van der Waals surface area (Å²) in [5.74, 6) is 0. The van der Waals surface area contributed by atoms with Crippen LogP contribution in [0, 0.1) is 13.8 Å². The fourth-order valence-corrected chi connectivity index (χ4v) is 3.80. The monoisotopic (exact) mass is 302 g/mol. The molecule has 0 unspecified atom stereocenters. The molecule has 0 aliphatic heterocycles. The molecule has 5 nitrogen and oxygen atoms in total. The number of aryl methyl sites for hydroxylation is 4. The number of hydrogen-bond donors (Lipinski definition) is 1. The minimum absolute atomic E-state index is 0.0228. The number of fused-ring (bicyclic) bond motifs is 1. The lowest BCUT2D eigenvalue weighted by Gasteiger charge is -2.01. The molecule has 0 atom stereocenters. The van der Waals surface area contributed by atoms with E-state index in [-0.39, 0.29) is 5.56 Å². The minimum atomic E-state index is -0.0228. The summed E-state index contributed by atoms with van der Waals surface area (Å²) in [4.78, 5) is 13.4. The van der Waals surface area contributed by atoms with E-state index in [1.807, 2.05) is 19.9 Å². The molecule has 0 aliphatic rings. The van der Waals surface area contributed by atoms with Crippen molar-refractivity contribution in [3.05, 3.63) is 43.9 Å². The normalized spacial score (nSPS) is 11.4. The van der Waals surface area contributed by atoms with Crippen LogP contribution in [-0.4, -0.2) is 20.0 Å². The van der Waals surface area contributed by atoms with Gasteiger partial charge in [0.05, 0.1) is 21.5 Å². The van der Waals surface area contributed by atoms with Crippen LogP contribution in [0.4, 0.5) is 0 Å². The zero-order valence-corrected chi connectivity index (χ0v) is 13.5. The van der Waals surface area contributed by atoms with Crippen molar-refractivity contribution < 1.29 is 0 Å². The quantitative estimate of drug-likeness (QED) is 0.808. The number of rotatable bonds is 3. The molecule has 0 saturated heterocycles. The lowest BCUT2D eigenvalue weighted by Crippen LogP contribution is -2.20. The largest absolute Gasteiger partial charge is 0.282 e. The molecule has 0 radical (unpaired) electrons. The molecule has 0 spiro atoms. The van der Waals surface area contributed by atoms with Crippen molar-refractivity contribution in [3.63, 3.8) is 0 Å². The summed E-state index contributed by atoms with van der Waals surface area (Å²) in [6.07, 6.45) is 1.63. The maximum atomic E-state index is 12.2. The van der Waals surface area contributed by atoms with Crippen LogP contribution in [0.25, 0.3) is 10.1 Å². The van der Waals surface area contributed by atoms with E-state index in [4.69, 9.17) is 0 Å². The van der Waals surface area contributed by atoms with E-state index >= 15 is 0 Å². The Balaban J connectivity index is 2.13. The fraction of sp³-hybridized carbons (Fsp3) is 0.400. The summed E-state index contributed by atoms with van der Waals surface area (Å²) in [5, 5.41) is 12.4. The van der Waals surface area contributed by atoms with E-state index in [1.165, 1.54) is 15.1 Å². The Hall–Kier alpha value is -1.95. The lowest BCUT2D eigenvalue weighted by molar-refractivity contribution is 0.695. The molecule has 3 aromatic heterocycles. The van der Waals surface area contributed by atoms with Gasteiger partial charge in [-0.3, -0.25) is 9.89 Å². The summed E-state index contributed by atoms with van der Waals surface area (Å²) >= 11 is 1.67. The average Bonchev–Trinajstić information content (AvgIpc) is 3.02. The number of hydrogen-bond acceptors (Lipinski definition) is 4. The molecule has 3 rings (SSSR count). The van der Waals surface area contributed by atoms with E-state index in [0.29, 0.717) is 0 Å². The molecule has 0 fully saturated rings. The summed E-state index contributed by atoms with van der Waals surface area (Å²) in [5.41, 5.74) is 4.29. The molecule has 21 heavy (non-hydrogen) atoms. The third-order valence-electron chi connectivity index (χ3n) is 3.81. The standard InChI is InChI=1S/C15H18N4OS/c1-5-13-14-12(15(20)19(4)18-13)7-10(21-14)6-11-8(2)16-17-9(11)3/h7H,5-6H2,1-4H3,(H,16,17). The second-order valence-corrected chi connectivity index (χ2v) is 6.41. The van der Waals surface area contributed by atoms with Crippen molar-refractivity contribution in [2.45, 2.75) is 33.6 Å². The number of aromatic nitrogens is 4. The van der Waals surface area contributed by atoms with E-state index < -0.39 is 0 Å². The Kier molecular flexibility index (Phi) is 3.41. The van der Waals surface area contributed by atoms with Crippen molar-refractivity contribution in [1.82, 2.24) is 20.0 Å². The zero-order chi connectivity index (χ0) is 15.1. The first kappa shape index (κ1) is 14.0. The average molecular weight is 302 g/mol. The van der Waals surface area contributed by atoms with Gasteiger partial charge in [0.25, 0.3) is 5.56 Å². The van der Waals surface area contributed by atoms with Gasteiger partial charge in [-0.15, -0.1) is 11.3 Å². The van der Waals surface area contributed by atoms with Crippen molar-refractivity contribution in [2.24, 2.45) is 7.05 Å². The van der Waals surface area contributed by atoms with Crippen LogP contribution in [-0.2, 0) is 19.9 Å². The highest BCUT2D eigenvalue weighted by molar-refractivity contribution is 7.19. The predicted molar refractivity (Wildman–Crippen MR) is 85.1 cm³/mol. The minimum Gasteiger partial charge on any atom is -0.282 e. The summed E-state index contributed by atoms with van der Waals surface area (Å²) in [6.45, 7) is 6.10. The van der Waals surface area contributed by atoms with Gasteiger partial charge in [-0.05, 0) is 26.3 Å². The molecule has 110 valence electrons. The van der Waals surface area contributed by atoms with Gasteiger partial charge in [0.15, 0.2) is 0 Å². The van der Waals surface area contributed by atoms with E-state index in [9.17, 15) is 4.79 Å². The highest BCUT2D eigenvalue weighted by Crippen LogP contribution is 2.28. The SMILES string of the molecule is CCc1nn(C)c(=O)c2cc(Cc3c(C)n[nH]c3C)sc12. The van der Waals surface area contributed by atoms with Crippen LogP contribution in [0.15, 0.2) is 10.9 Å². The van der Waals surface area contributed by atoms with Crippen LogP contribution in [0.3, 0.4) is 0 Å². The van der Waals surface area contributed by atoms with Gasteiger partial charge in [-0.2, -0.15) is 10.2 Å². The topological polar surface area (TPSA) is 63.6 Å². The van der Waals surface area contributed by atoms with Crippen molar-refractivity contribution in [3.8, 4) is 0 Å². The van der Waals surface area contributed by atoms with Crippen LogP contribution in [0.1, 0.15) is 34.4 Å². The molecule has 0 saturated carbocycles. The molecule has 0 aromatic carbocycles. The highest BCUT2D eigenvalue weighted by Gasteiger charge is 2.14. The third-order valence-corrected chi connectivity index (χ3v) is 4.99. The molecular weight excluding hydrogens is 284 g/mol. The van der Waals surface area contributed by atoms with Gasteiger partial charge >= 0.3 is 0 Å². The Morgan fingerprint density at radius 2 is 2.14 bits per heavy atom. The van der Waals surface area contributed by atoms with Crippen LogP contribution in [0.5, 0.6) is 0 Å². The highest BCUT2D eigenvalue weighted by atomic mass is 32.1. The Labute approximate surface area is 126 Å². The first-order valence-electron chi connectivity index (χ1n) is 7.00. The Bertz CT molecular complexity index is 852. The molecular formula is C15H18N4OS. The van der Waals surface area contributed by atoms with Gasteiger partial charge < -0.3 is 0 Å². The first-order chi connectivity index (χ1) is 10.0. The molecule has 0 bridgehead atoms. The second kappa shape index (κ2) is 5.11. The fourth-order valence-electron chi connectivity index (χ4n) is 2.59. The number of H-pyrrole nitrogens is 1. The maximum absolute atomic E-state index is 12.2. The zero-order valence-electron chi connectivity index (χ0n) is 12.6. The van der Waals surface area contributed by atoms with Crippen molar-refractivity contribution >= 4 is 21.4 Å². The van der Waals surface area contributed by atoms with E-state index in [0.717, 1.165) is 40.0 Å². The second-order valence-electron chi connectivity index (χ2n) is 5.27. The molecule has 0 aliphatic carbocycles. The van der Waals surface area contributed by atoms with Gasteiger partial charge in [0, 0.05) is 29.6 Å². The van der Waals surface area contributed by atoms with Crippen LogP contribution >= 0.6 is 11.3 Å². The molecule has 0 amide bonds. The number of nitrogens with one attached hydrogen (secondary N) is 1.